The van der Waals surface area contributed by atoms with Gasteiger partial charge in [0.15, 0.2) is 0 Å². The molecule has 0 saturated carbocycles. The number of esters is 1. The lowest BCUT2D eigenvalue weighted by molar-refractivity contribution is -0.144. The van der Waals surface area contributed by atoms with Crippen molar-refractivity contribution in [2.75, 3.05) is 12.4 Å². The molecule has 0 fully saturated rings. The van der Waals surface area contributed by atoms with Crippen LogP contribution in [0.15, 0.2) is 29.2 Å². The zero-order valence-electron chi connectivity index (χ0n) is 10.1. The molecular weight excluding hydrogens is 272 g/mol. The summed E-state index contributed by atoms with van der Waals surface area (Å²) >= 11 is 7.26. The molecule has 1 aromatic carbocycles. The molecule has 0 aliphatic heterocycles. The predicted octanol–water partition coefficient (Wildman–Crippen LogP) is 3.34. The first-order valence-corrected chi connectivity index (χ1v) is 7.04. The third-order valence-corrected chi connectivity index (χ3v) is 3.40. The number of ketones is 1. The normalized spacial score (nSPS) is 10.1. The lowest BCUT2D eigenvalue weighted by Crippen LogP contribution is -2.08. The van der Waals surface area contributed by atoms with Crippen molar-refractivity contribution in [1.82, 2.24) is 0 Å². The van der Waals surface area contributed by atoms with Crippen molar-refractivity contribution in [2.45, 2.75) is 24.7 Å². The minimum atomic E-state index is -0.321. The van der Waals surface area contributed by atoms with Crippen LogP contribution >= 0.6 is 23.4 Å². The van der Waals surface area contributed by atoms with Gasteiger partial charge < -0.3 is 4.74 Å². The molecule has 0 aromatic heterocycles. The maximum atomic E-state index is 11.5. The number of halogens is 1. The number of Topliss-reactive ketones (excluding diaryl/α,β-unsaturated/α-hetero) is 1. The van der Waals surface area contributed by atoms with Crippen LogP contribution < -0.4 is 0 Å². The summed E-state index contributed by atoms with van der Waals surface area (Å²) < 4.78 is 4.76. The fourth-order valence-electron chi connectivity index (χ4n) is 1.27. The second kappa shape index (κ2) is 8.16. The molecular formula is C13H15ClO3S. The Morgan fingerprint density at radius 1 is 1.33 bits per heavy atom. The van der Waals surface area contributed by atoms with E-state index in [1.807, 2.05) is 18.2 Å². The Bertz CT molecular complexity index is 420. The fourth-order valence-corrected chi connectivity index (χ4v) is 2.38. The van der Waals surface area contributed by atoms with Gasteiger partial charge in [0.25, 0.3) is 0 Å². The summed E-state index contributed by atoms with van der Waals surface area (Å²) in [6, 6.07) is 7.34. The van der Waals surface area contributed by atoms with Gasteiger partial charge in [0.1, 0.15) is 5.78 Å². The van der Waals surface area contributed by atoms with Crippen LogP contribution in [0.1, 0.15) is 19.8 Å². The molecule has 0 unspecified atom stereocenters. The second-order valence-electron chi connectivity index (χ2n) is 3.59. The highest BCUT2D eigenvalue weighted by Gasteiger charge is 2.08. The van der Waals surface area contributed by atoms with Gasteiger partial charge in [0.05, 0.1) is 18.8 Å². The van der Waals surface area contributed by atoms with E-state index in [0.29, 0.717) is 17.4 Å². The lowest BCUT2D eigenvalue weighted by Gasteiger charge is -2.02. The van der Waals surface area contributed by atoms with Gasteiger partial charge in [0, 0.05) is 16.3 Å². The standard InChI is InChI=1S/C13H15ClO3S/c1-2-17-13(16)7-6-11(15)9-18-12-5-3-4-10(14)8-12/h3-5,8H,2,6-7,9H2,1H3. The predicted molar refractivity (Wildman–Crippen MR) is 73.1 cm³/mol. The minimum Gasteiger partial charge on any atom is -0.466 e. The van der Waals surface area contributed by atoms with Crippen molar-refractivity contribution in [3.05, 3.63) is 29.3 Å². The van der Waals surface area contributed by atoms with Crippen LogP contribution in [0.3, 0.4) is 0 Å². The summed E-state index contributed by atoms with van der Waals surface area (Å²) in [7, 11) is 0. The van der Waals surface area contributed by atoms with E-state index in [1.165, 1.54) is 11.8 Å². The molecule has 0 radical (unpaired) electrons. The van der Waals surface area contributed by atoms with Gasteiger partial charge in [0.2, 0.25) is 0 Å². The molecule has 0 heterocycles. The summed E-state index contributed by atoms with van der Waals surface area (Å²) in [5.41, 5.74) is 0. The van der Waals surface area contributed by atoms with E-state index >= 15 is 0 Å². The largest absolute Gasteiger partial charge is 0.466 e. The van der Waals surface area contributed by atoms with Crippen molar-refractivity contribution >= 4 is 35.1 Å². The molecule has 0 atom stereocenters. The van der Waals surface area contributed by atoms with Crippen LogP contribution in [0.25, 0.3) is 0 Å². The molecule has 0 N–H and O–H groups in total. The molecule has 0 bridgehead atoms. The highest BCUT2D eigenvalue weighted by Crippen LogP contribution is 2.21. The Hall–Kier alpha value is -1.00. The van der Waals surface area contributed by atoms with Gasteiger partial charge in [-0.05, 0) is 25.1 Å². The summed E-state index contributed by atoms with van der Waals surface area (Å²) in [6.45, 7) is 2.10. The summed E-state index contributed by atoms with van der Waals surface area (Å²) in [5, 5.41) is 0.652. The summed E-state index contributed by atoms with van der Waals surface area (Å²) in [6.07, 6.45) is 0.384. The van der Waals surface area contributed by atoms with E-state index < -0.39 is 0 Å². The van der Waals surface area contributed by atoms with Gasteiger partial charge in [-0.1, -0.05) is 17.7 Å². The third-order valence-electron chi connectivity index (χ3n) is 2.11. The number of carbonyl (C=O) groups is 2. The molecule has 0 amide bonds. The van der Waals surface area contributed by atoms with Gasteiger partial charge in [-0.25, -0.2) is 0 Å². The van der Waals surface area contributed by atoms with Crippen molar-refractivity contribution in [3.63, 3.8) is 0 Å². The Morgan fingerprint density at radius 3 is 2.78 bits per heavy atom. The molecule has 5 heteroatoms. The van der Waals surface area contributed by atoms with Crippen LogP contribution in [0.5, 0.6) is 0 Å². The molecule has 18 heavy (non-hydrogen) atoms. The maximum Gasteiger partial charge on any atom is 0.306 e. The van der Waals surface area contributed by atoms with Crippen LogP contribution in [0, 0.1) is 0 Å². The molecule has 1 rings (SSSR count). The number of hydrogen-bond acceptors (Lipinski definition) is 4. The topological polar surface area (TPSA) is 43.4 Å². The molecule has 3 nitrogen and oxygen atoms in total. The minimum absolute atomic E-state index is 0.0352. The van der Waals surface area contributed by atoms with Crippen molar-refractivity contribution in [3.8, 4) is 0 Å². The number of thioether (sulfide) groups is 1. The average Bonchev–Trinajstić information content (AvgIpc) is 2.34. The van der Waals surface area contributed by atoms with Gasteiger partial charge in [-0.2, -0.15) is 0 Å². The highest BCUT2D eigenvalue weighted by atomic mass is 35.5. The van der Waals surface area contributed by atoms with Gasteiger partial charge >= 0.3 is 5.97 Å². The van der Waals surface area contributed by atoms with Crippen LogP contribution in [-0.2, 0) is 14.3 Å². The summed E-state index contributed by atoms with van der Waals surface area (Å²) in [5.74, 6) is 0.0614. The fraction of sp³-hybridized carbons (Fsp3) is 0.385. The SMILES string of the molecule is CCOC(=O)CCC(=O)CSc1cccc(Cl)c1. The Morgan fingerprint density at radius 2 is 2.11 bits per heavy atom. The first-order chi connectivity index (χ1) is 8.61. The molecule has 0 spiro atoms. The third kappa shape index (κ3) is 6.07. The average molecular weight is 287 g/mol. The Labute approximate surface area is 116 Å². The molecule has 98 valence electrons. The monoisotopic (exact) mass is 286 g/mol. The molecule has 1 aromatic rings. The first kappa shape index (κ1) is 15.1. The molecule has 0 aliphatic carbocycles. The van der Waals surface area contributed by atoms with Crippen molar-refractivity contribution in [2.24, 2.45) is 0 Å². The number of rotatable bonds is 7. The van der Waals surface area contributed by atoms with E-state index in [9.17, 15) is 9.59 Å². The zero-order chi connectivity index (χ0) is 13.4. The quantitative estimate of drug-likeness (QED) is 0.569. The van der Waals surface area contributed by atoms with E-state index in [2.05, 4.69) is 0 Å². The first-order valence-electron chi connectivity index (χ1n) is 5.67. The molecule has 0 saturated heterocycles. The smallest absolute Gasteiger partial charge is 0.306 e. The van der Waals surface area contributed by atoms with Gasteiger partial charge in [-0.3, -0.25) is 9.59 Å². The van der Waals surface area contributed by atoms with E-state index in [4.69, 9.17) is 16.3 Å². The van der Waals surface area contributed by atoms with Crippen LogP contribution in [0.4, 0.5) is 0 Å². The Kier molecular flexibility index (Phi) is 6.83. The number of benzene rings is 1. The van der Waals surface area contributed by atoms with E-state index in [-0.39, 0.29) is 24.6 Å². The maximum absolute atomic E-state index is 11.5. The van der Waals surface area contributed by atoms with Crippen molar-refractivity contribution in [1.29, 1.82) is 0 Å². The zero-order valence-corrected chi connectivity index (χ0v) is 11.7. The van der Waals surface area contributed by atoms with E-state index in [1.54, 1.807) is 13.0 Å². The number of hydrogen-bond donors (Lipinski definition) is 0. The van der Waals surface area contributed by atoms with Crippen molar-refractivity contribution < 1.29 is 14.3 Å². The van der Waals surface area contributed by atoms with Crippen LogP contribution in [-0.4, -0.2) is 24.1 Å². The summed E-state index contributed by atoms with van der Waals surface area (Å²) in [4.78, 5) is 23.6. The van der Waals surface area contributed by atoms with Crippen LogP contribution in [0.2, 0.25) is 5.02 Å². The lowest BCUT2D eigenvalue weighted by atomic mass is 10.2. The second-order valence-corrected chi connectivity index (χ2v) is 5.07. The van der Waals surface area contributed by atoms with E-state index in [0.717, 1.165) is 4.90 Å². The van der Waals surface area contributed by atoms with Gasteiger partial charge in [-0.15, -0.1) is 11.8 Å². The highest BCUT2D eigenvalue weighted by molar-refractivity contribution is 8.00. The number of carbonyl (C=O) groups excluding carboxylic acids is 2. The Balaban J connectivity index is 2.27. The number of ether oxygens (including phenoxy) is 1. The molecule has 0 aliphatic rings.